The second-order valence-electron chi connectivity index (χ2n) is 6.05. The normalized spacial score (nSPS) is 16.8. The Morgan fingerprint density at radius 2 is 1.74 bits per heavy atom. The van der Waals surface area contributed by atoms with Gasteiger partial charge < -0.3 is 5.32 Å². The molecule has 19 heavy (non-hydrogen) atoms. The van der Waals surface area contributed by atoms with Crippen LogP contribution < -0.4 is 5.32 Å². The minimum Gasteiger partial charge on any atom is -0.313 e. The first-order valence-corrected chi connectivity index (χ1v) is 8.11. The number of rotatable bonds is 9. The molecule has 0 aromatic heterocycles. The lowest BCUT2D eigenvalue weighted by Crippen LogP contribution is -2.24. The summed E-state index contributed by atoms with van der Waals surface area (Å²) in [4.78, 5) is 0. The van der Waals surface area contributed by atoms with E-state index in [1.54, 1.807) is 0 Å². The highest BCUT2D eigenvalue weighted by Crippen LogP contribution is 2.27. The first kappa shape index (κ1) is 14.6. The summed E-state index contributed by atoms with van der Waals surface area (Å²) in [5.74, 6) is 1.61. The monoisotopic (exact) mass is 259 g/mol. The fraction of sp³-hybridized carbons (Fsp3) is 0.667. The third-order valence-electron chi connectivity index (χ3n) is 4.58. The van der Waals surface area contributed by atoms with Crippen molar-refractivity contribution in [1.82, 2.24) is 5.32 Å². The Morgan fingerprint density at radius 1 is 1.05 bits per heavy atom. The molecule has 0 amide bonds. The van der Waals surface area contributed by atoms with E-state index >= 15 is 0 Å². The molecule has 0 saturated heterocycles. The molecular formula is C18H29N. The molecule has 106 valence electrons. The van der Waals surface area contributed by atoms with E-state index in [0.717, 1.165) is 18.5 Å². The van der Waals surface area contributed by atoms with Crippen LogP contribution in [-0.2, 0) is 0 Å². The molecule has 1 saturated carbocycles. The Bertz CT molecular complexity index is 338. The van der Waals surface area contributed by atoms with Crippen molar-refractivity contribution in [2.75, 3.05) is 6.54 Å². The van der Waals surface area contributed by atoms with Gasteiger partial charge in [0.2, 0.25) is 0 Å². The fourth-order valence-corrected chi connectivity index (χ4v) is 2.84. The maximum absolute atomic E-state index is 3.71. The summed E-state index contributed by atoms with van der Waals surface area (Å²) in [6.07, 6.45) is 8.12. The molecule has 1 aromatic rings. The van der Waals surface area contributed by atoms with Crippen molar-refractivity contribution in [3.05, 3.63) is 35.9 Å². The molecule has 0 radical (unpaired) electrons. The predicted octanol–water partition coefficient (Wildman–Crippen LogP) is 4.74. The number of nitrogens with one attached hydrogen (secondary N) is 1. The summed E-state index contributed by atoms with van der Waals surface area (Å²) in [5.41, 5.74) is 1.52. The summed E-state index contributed by atoms with van der Waals surface area (Å²) in [7, 11) is 0. The molecule has 1 heteroatoms. The van der Waals surface area contributed by atoms with Gasteiger partial charge in [0, 0.05) is 12.6 Å². The van der Waals surface area contributed by atoms with Gasteiger partial charge >= 0.3 is 0 Å². The van der Waals surface area contributed by atoms with Crippen LogP contribution in [0, 0.1) is 5.92 Å². The molecule has 1 unspecified atom stereocenters. The first-order chi connectivity index (χ1) is 9.33. The van der Waals surface area contributed by atoms with Crippen molar-refractivity contribution in [3.63, 3.8) is 0 Å². The van der Waals surface area contributed by atoms with Crippen LogP contribution in [0.3, 0.4) is 0 Å². The van der Waals surface area contributed by atoms with Crippen molar-refractivity contribution in [1.29, 1.82) is 0 Å². The van der Waals surface area contributed by atoms with Gasteiger partial charge in [0.25, 0.3) is 0 Å². The highest BCUT2D eigenvalue weighted by Gasteiger charge is 2.22. The minimum atomic E-state index is 0.697. The molecule has 1 fully saturated rings. The van der Waals surface area contributed by atoms with Crippen LogP contribution in [-0.4, -0.2) is 12.6 Å². The van der Waals surface area contributed by atoms with Gasteiger partial charge in [-0.15, -0.1) is 0 Å². The number of hydrogen-bond acceptors (Lipinski definition) is 1. The second-order valence-corrected chi connectivity index (χ2v) is 6.05. The van der Waals surface area contributed by atoms with Crippen LogP contribution in [0.2, 0.25) is 0 Å². The van der Waals surface area contributed by atoms with Crippen molar-refractivity contribution in [2.45, 2.75) is 64.3 Å². The minimum absolute atomic E-state index is 0.697. The van der Waals surface area contributed by atoms with E-state index in [-0.39, 0.29) is 0 Å². The van der Waals surface area contributed by atoms with Crippen molar-refractivity contribution >= 4 is 0 Å². The molecule has 0 bridgehead atoms. The highest BCUT2D eigenvalue weighted by molar-refractivity contribution is 5.20. The van der Waals surface area contributed by atoms with Crippen molar-refractivity contribution < 1.29 is 0 Å². The molecular weight excluding hydrogens is 230 g/mol. The van der Waals surface area contributed by atoms with Crippen LogP contribution in [0.15, 0.2) is 30.3 Å². The van der Waals surface area contributed by atoms with E-state index in [1.807, 2.05) is 0 Å². The first-order valence-electron chi connectivity index (χ1n) is 8.11. The molecule has 1 nitrogen and oxygen atoms in total. The highest BCUT2D eigenvalue weighted by atomic mass is 14.9. The van der Waals surface area contributed by atoms with E-state index in [2.05, 4.69) is 49.5 Å². The Balaban J connectivity index is 1.89. The Kier molecular flexibility index (Phi) is 5.91. The molecule has 0 spiro atoms. The van der Waals surface area contributed by atoms with Crippen molar-refractivity contribution in [2.24, 2.45) is 5.92 Å². The molecule has 1 aliphatic carbocycles. The van der Waals surface area contributed by atoms with Crippen LogP contribution in [0.1, 0.15) is 63.9 Å². The van der Waals surface area contributed by atoms with E-state index in [1.165, 1.54) is 44.1 Å². The summed E-state index contributed by atoms with van der Waals surface area (Å²) >= 11 is 0. The summed E-state index contributed by atoms with van der Waals surface area (Å²) in [6.45, 7) is 5.82. The van der Waals surface area contributed by atoms with Crippen LogP contribution in [0.4, 0.5) is 0 Å². The zero-order valence-electron chi connectivity index (χ0n) is 12.6. The van der Waals surface area contributed by atoms with Gasteiger partial charge in [-0.1, -0.05) is 57.0 Å². The maximum Gasteiger partial charge on any atom is 0.00684 e. The molecule has 1 aliphatic rings. The van der Waals surface area contributed by atoms with E-state index in [4.69, 9.17) is 0 Å². The topological polar surface area (TPSA) is 12.0 Å². The lowest BCUT2D eigenvalue weighted by atomic mass is 9.88. The van der Waals surface area contributed by atoms with E-state index in [9.17, 15) is 0 Å². The Hall–Kier alpha value is -0.820. The van der Waals surface area contributed by atoms with Crippen molar-refractivity contribution in [3.8, 4) is 0 Å². The largest absolute Gasteiger partial charge is 0.313 e. The predicted molar refractivity (Wildman–Crippen MR) is 83.5 cm³/mol. The van der Waals surface area contributed by atoms with Gasteiger partial charge in [0.15, 0.2) is 0 Å². The molecule has 0 aliphatic heterocycles. The molecule has 1 N–H and O–H groups in total. The Morgan fingerprint density at radius 3 is 2.32 bits per heavy atom. The molecule has 0 heterocycles. The zero-order chi connectivity index (χ0) is 13.5. The lowest BCUT2D eigenvalue weighted by molar-refractivity contribution is 0.408. The lowest BCUT2D eigenvalue weighted by Gasteiger charge is -2.21. The van der Waals surface area contributed by atoms with Gasteiger partial charge in [0.1, 0.15) is 0 Å². The average molecular weight is 259 g/mol. The summed E-state index contributed by atoms with van der Waals surface area (Å²) in [6, 6.07) is 11.9. The molecule has 1 atom stereocenters. The second kappa shape index (κ2) is 7.69. The Labute approximate surface area is 118 Å². The van der Waals surface area contributed by atoms with Gasteiger partial charge in [-0.05, 0) is 43.1 Å². The maximum atomic E-state index is 3.71. The molecule has 2 rings (SSSR count). The standard InChI is InChI=1S/C18H29N/c1-3-15(4-2)10-11-17(14-19-18-12-13-18)16-8-6-5-7-9-16/h5-9,15,17-19H,3-4,10-14H2,1-2H3. The average Bonchev–Trinajstić information content (AvgIpc) is 3.28. The third kappa shape index (κ3) is 4.99. The zero-order valence-corrected chi connectivity index (χ0v) is 12.6. The summed E-state index contributed by atoms with van der Waals surface area (Å²) < 4.78 is 0. The van der Waals surface area contributed by atoms with Gasteiger partial charge in [0.05, 0.1) is 0 Å². The summed E-state index contributed by atoms with van der Waals surface area (Å²) in [5, 5.41) is 3.71. The smallest absolute Gasteiger partial charge is 0.00684 e. The van der Waals surface area contributed by atoms with E-state index < -0.39 is 0 Å². The van der Waals surface area contributed by atoms with Gasteiger partial charge in [-0.2, -0.15) is 0 Å². The quantitative estimate of drug-likeness (QED) is 0.675. The van der Waals surface area contributed by atoms with Gasteiger partial charge in [-0.3, -0.25) is 0 Å². The SMILES string of the molecule is CCC(CC)CCC(CNC1CC1)c1ccccc1. The van der Waals surface area contributed by atoms with E-state index in [0.29, 0.717) is 5.92 Å². The third-order valence-corrected chi connectivity index (χ3v) is 4.58. The number of benzene rings is 1. The number of hydrogen-bond donors (Lipinski definition) is 1. The van der Waals surface area contributed by atoms with Crippen LogP contribution >= 0.6 is 0 Å². The fourth-order valence-electron chi connectivity index (χ4n) is 2.84. The van der Waals surface area contributed by atoms with Crippen LogP contribution in [0.25, 0.3) is 0 Å². The molecule has 1 aromatic carbocycles. The van der Waals surface area contributed by atoms with Gasteiger partial charge in [-0.25, -0.2) is 0 Å². The van der Waals surface area contributed by atoms with Crippen LogP contribution in [0.5, 0.6) is 0 Å².